The number of benzene rings is 3. The molecule has 0 fully saturated rings. The molecule has 38 heavy (non-hydrogen) atoms. The third-order valence-electron chi connectivity index (χ3n) is 6.65. The van der Waals surface area contributed by atoms with E-state index in [4.69, 9.17) is 21.3 Å². The van der Waals surface area contributed by atoms with E-state index < -0.39 is 6.04 Å². The molecule has 7 heteroatoms. The number of hydrogen-bond acceptors (Lipinski definition) is 4. The first-order chi connectivity index (χ1) is 18.5. The molecule has 0 spiro atoms. The molecule has 198 valence electrons. The monoisotopic (exact) mass is 531 g/mol. The summed E-state index contributed by atoms with van der Waals surface area (Å²) in [7, 11) is 0. The second kappa shape index (κ2) is 12.7. The van der Waals surface area contributed by atoms with Gasteiger partial charge in [0.2, 0.25) is 0 Å². The van der Waals surface area contributed by atoms with Crippen LogP contribution >= 0.6 is 11.6 Å². The lowest BCUT2D eigenvalue weighted by molar-refractivity contribution is 0.0677. The fraction of sp³-hybridized carbons (Fsp3) is 0.323. The van der Waals surface area contributed by atoms with Crippen LogP contribution in [0.15, 0.2) is 77.6 Å². The van der Waals surface area contributed by atoms with Crippen molar-refractivity contribution in [1.82, 2.24) is 14.5 Å². The van der Waals surface area contributed by atoms with Gasteiger partial charge in [-0.25, -0.2) is 4.98 Å². The van der Waals surface area contributed by atoms with Gasteiger partial charge in [-0.1, -0.05) is 62.1 Å². The maximum atomic E-state index is 14.0. The summed E-state index contributed by atoms with van der Waals surface area (Å²) < 4.78 is 7.50. The molecule has 0 aliphatic rings. The zero-order valence-corrected chi connectivity index (χ0v) is 22.9. The first kappa shape index (κ1) is 27.4. The van der Waals surface area contributed by atoms with E-state index in [-0.39, 0.29) is 11.5 Å². The fourth-order valence-corrected chi connectivity index (χ4v) is 4.79. The Hall–Kier alpha value is -3.64. The maximum Gasteiger partial charge on any atom is 0.266 e. The van der Waals surface area contributed by atoms with Crippen molar-refractivity contribution < 1.29 is 9.53 Å². The van der Waals surface area contributed by atoms with Gasteiger partial charge >= 0.3 is 0 Å². The summed E-state index contributed by atoms with van der Waals surface area (Å²) in [4.78, 5) is 34.6. The van der Waals surface area contributed by atoms with Crippen molar-refractivity contribution in [2.75, 3.05) is 13.2 Å². The number of carbonyl (C=O) groups is 1. The molecular weight excluding hydrogens is 498 g/mol. The molecule has 0 aliphatic heterocycles. The standard InChI is InChI=1S/C31H34ClN3O3/c1-4-6-7-12-21-34(30(36)23-17-19-24(32)20-18-23)22(3)29-33-26-14-9-8-13-25(26)31(37)35(29)27-15-10-11-16-28(27)38-5-2/h8-11,13-20,22H,4-7,12,21H2,1-3H3. The zero-order valence-electron chi connectivity index (χ0n) is 22.2. The molecule has 1 aromatic heterocycles. The summed E-state index contributed by atoms with van der Waals surface area (Å²) in [6, 6.07) is 21.2. The van der Waals surface area contributed by atoms with Crippen LogP contribution in [0, 0.1) is 0 Å². The van der Waals surface area contributed by atoms with Crippen molar-refractivity contribution in [2.45, 2.75) is 52.5 Å². The van der Waals surface area contributed by atoms with Crippen LogP contribution in [-0.4, -0.2) is 33.5 Å². The smallest absolute Gasteiger partial charge is 0.266 e. The molecule has 6 nitrogen and oxygen atoms in total. The molecule has 1 heterocycles. The van der Waals surface area contributed by atoms with Crippen LogP contribution in [0.25, 0.3) is 16.6 Å². The molecule has 4 rings (SSSR count). The first-order valence-corrected chi connectivity index (χ1v) is 13.6. The van der Waals surface area contributed by atoms with E-state index in [1.807, 2.05) is 61.2 Å². The Morgan fingerprint density at radius 3 is 2.42 bits per heavy atom. The van der Waals surface area contributed by atoms with Crippen LogP contribution in [0.5, 0.6) is 5.75 Å². The maximum absolute atomic E-state index is 14.0. The number of nitrogens with zero attached hydrogens (tertiary/aromatic N) is 3. The fourth-order valence-electron chi connectivity index (χ4n) is 4.66. The predicted octanol–water partition coefficient (Wildman–Crippen LogP) is 7.22. The highest BCUT2D eigenvalue weighted by Crippen LogP contribution is 2.29. The van der Waals surface area contributed by atoms with Crippen molar-refractivity contribution in [1.29, 1.82) is 0 Å². The number of ether oxygens (including phenoxy) is 1. The van der Waals surface area contributed by atoms with Gasteiger partial charge in [-0.05, 0) is 68.8 Å². The summed E-state index contributed by atoms with van der Waals surface area (Å²) in [5.74, 6) is 0.942. The van der Waals surface area contributed by atoms with Crippen LogP contribution in [0.2, 0.25) is 5.02 Å². The van der Waals surface area contributed by atoms with Crippen LogP contribution in [0.4, 0.5) is 0 Å². The molecule has 0 bridgehead atoms. The number of rotatable bonds is 11. The highest BCUT2D eigenvalue weighted by Gasteiger charge is 2.28. The summed E-state index contributed by atoms with van der Waals surface area (Å²) in [6.07, 6.45) is 4.06. The highest BCUT2D eigenvalue weighted by atomic mass is 35.5. The van der Waals surface area contributed by atoms with Gasteiger partial charge in [0, 0.05) is 17.1 Å². The average molecular weight is 532 g/mol. The number of para-hydroxylation sites is 3. The van der Waals surface area contributed by atoms with Gasteiger partial charge in [-0.2, -0.15) is 0 Å². The van der Waals surface area contributed by atoms with Crippen molar-refractivity contribution in [3.05, 3.63) is 99.6 Å². The molecule has 1 unspecified atom stereocenters. The second-order valence-corrected chi connectivity index (χ2v) is 9.71. The molecule has 1 atom stereocenters. The molecule has 0 saturated heterocycles. The lowest BCUT2D eigenvalue weighted by atomic mass is 10.1. The Bertz CT molecular complexity index is 1450. The van der Waals surface area contributed by atoms with Gasteiger partial charge in [0.1, 0.15) is 11.6 Å². The highest BCUT2D eigenvalue weighted by molar-refractivity contribution is 6.30. The Morgan fingerprint density at radius 1 is 0.974 bits per heavy atom. The Balaban J connectivity index is 1.88. The summed E-state index contributed by atoms with van der Waals surface area (Å²) in [6.45, 7) is 7.00. The molecule has 0 aliphatic carbocycles. The number of fused-ring (bicyclic) bond motifs is 1. The van der Waals surface area contributed by atoms with Gasteiger partial charge in [-0.15, -0.1) is 0 Å². The van der Waals surface area contributed by atoms with E-state index in [9.17, 15) is 9.59 Å². The lowest BCUT2D eigenvalue weighted by Gasteiger charge is -2.31. The van der Waals surface area contributed by atoms with E-state index in [2.05, 4.69) is 6.92 Å². The Kier molecular flexibility index (Phi) is 9.19. The molecular formula is C31H34ClN3O3. The van der Waals surface area contributed by atoms with E-state index in [1.54, 1.807) is 34.9 Å². The van der Waals surface area contributed by atoms with Crippen molar-refractivity contribution >= 4 is 28.4 Å². The quantitative estimate of drug-likeness (QED) is 0.192. The van der Waals surface area contributed by atoms with Crippen LogP contribution in [-0.2, 0) is 0 Å². The van der Waals surface area contributed by atoms with Crippen molar-refractivity contribution in [2.24, 2.45) is 0 Å². The molecule has 0 saturated carbocycles. The van der Waals surface area contributed by atoms with Gasteiger partial charge in [0.25, 0.3) is 11.5 Å². The number of aromatic nitrogens is 2. The van der Waals surface area contributed by atoms with Crippen LogP contribution in [0.1, 0.15) is 68.7 Å². The van der Waals surface area contributed by atoms with Crippen molar-refractivity contribution in [3.8, 4) is 11.4 Å². The Labute approximate surface area is 228 Å². The van der Waals surface area contributed by atoms with Gasteiger partial charge in [-0.3, -0.25) is 14.2 Å². The molecule has 4 aromatic rings. The number of halogens is 1. The van der Waals surface area contributed by atoms with Crippen LogP contribution in [0.3, 0.4) is 0 Å². The normalized spacial score (nSPS) is 11.9. The second-order valence-electron chi connectivity index (χ2n) is 9.27. The zero-order chi connectivity index (χ0) is 27.1. The molecule has 0 N–H and O–H groups in total. The SMILES string of the molecule is CCCCCCN(C(=O)c1ccc(Cl)cc1)C(C)c1nc2ccccc2c(=O)n1-c1ccccc1OCC. The largest absolute Gasteiger partial charge is 0.492 e. The van der Waals surface area contributed by atoms with E-state index in [0.29, 0.717) is 51.9 Å². The minimum absolute atomic E-state index is 0.127. The minimum atomic E-state index is -0.494. The van der Waals surface area contributed by atoms with E-state index in [1.165, 1.54) is 0 Å². The van der Waals surface area contributed by atoms with Gasteiger partial charge in [0.15, 0.2) is 0 Å². The lowest BCUT2D eigenvalue weighted by Crippen LogP contribution is -2.38. The van der Waals surface area contributed by atoms with Gasteiger partial charge in [0.05, 0.1) is 29.2 Å². The van der Waals surface area contributed by atoms with Crippen molar-refractivity contribution in [3.63, 3.8) is 0 Å². The minimum Gasteiger partial charge on any atom is -0.492 e. The molecule has 3 aromatic carbocycles. The number of unbranched alkanes of at least 4 members (excludes halogenated alkanes) is 3. The summed E-state index contributed by atoms with van der Waals surface area (Å²) in [5, 5.41) is 1.08. The third-order valence-corrected chi connectivity index (χ3v) is 6.91. The number of hydrogen-bond donors (Lipinski definition) is 0. The number of amides is 1. The Morgan fingerprint density at radius 2 is 1.68 bits per heavy atom. The molecule has 1 amide bonds. The molecule has 0 radical (unpaired) electrons. The average Bonchev–Trinajstić information content (AvgIpc) is 2.93. The summed E-state index contributed by atoms with van der Waals surface area (Å²) >= 11 is 6.09. The van der Waals surface area contributed by atoms with E-state index >= 15 is 0 Å². The number of carbonyl (C=O) groups excluding carboxylic acids is 1. The summed E-state index contributed by atoms with van der Waals surface area (Å²) in [5.41, 5.74) is 1.54. The van der Waals surface area contributed by atoms with Gasteiger partial charge < -0.3 is 9.64 Å². The predicted molar refractivity (Wildman–Crippen MR) is 154 cm³/mol. The van der Waals surface area contributed by atoms with E-state index in [0.717, 1.165) is 25.7 Å². The van der Waals surface area contributed by atoms with Crippen LogP contribution < -0.4 is 10.3 Å². The third kappa shape index (κ3) is 5.91. The first-order valence-electron chi connectivity index (χ1n) is 13.3. The topological polar surface area (TPSA) is 64.4 Å².